The van der Waals surface area contributed by atoms with Gasteiger partial charge in [-0.1, -0.05) is 6.07 Å². The van der Waals surface area contributed by atoms with Gasteiger partial charge in [0.2, 0.25) is 5.91 Å². The summed E-state index contributed by atoms with van der Waals surface area (Å²) in [5.74, 6) is -4.23. The Labute approximate surface area is 131 Å². The molecule has 1 aliphatic heterocycles. The molecule has 0 aliphatic carbocycles. The summed E-state index contributed by atoms with van der Waals surface area (Å²) in [6.07, 6.45) is -0.374. The van der Waals surface area contributed by atoms with E-state index in [-0.39, 0.29) is 26.1 Å². The molecule has 0 spiro atoms. The van der Waals surface area contributed by atoms with E-state index in [1.54, 1.807) is 6.92 Å². The van der Waals surface area contributed by atoms with Crippen LogP contribution in [0.5, 0.6) is 0 Å². The van der Waals surface area contributed by atoms with Crippen molar-refractivity contribution in [2.24, 2.45) is 0 Å². The number of rotatable bonds is 4. The van der Waals surface area contributed by atoms with Crippen molar-refractivity contribution in [3.05, 3.63) is 35.4 Å². The van der Waals surface area contributed by atoms with Crippen LogP contribution in [-0.2, 0) is 14.3 Å². The third-order valence-electron chi connectivity index (χ3n) is 3.43. The molecule has 0 bridgehead atoms. The number of esters is 1. The summed E-state index contributed by atoms with van der Waals surface area (Å²) in [5, 5.41) is 2.52. The van der Waals surface area contributed by atoms with Gasteiger partial charge in [-0.2, -0.15) is 0 Å². The summed E-state index contributed by atoms with van der Waals surface area (Å²) < 4.78 is 32.3. The molecule has 1 atom stereocenters. The van der Waals surface area contributed by atoms with Crippen LogP contribution in [0.3, 0.4) is 0 Å². The summed E-state index contributed by atoms with van der Waals surface area (Å²) in [6, 6.07) is 1.90. The van der Waals surface area contributed by atoms with Crippen molar-refractivity contribution in [1.82, 2.24) is 10.2 Å². The van der Waals surface area contributed by atoms with E-state index in [4.69, 9.17) is 4.74 Å². The van der Waals surface area contributed by atoms with Gasteiger partial charge in [0.1, 0.15) is 23.2 Å². The Morgan fingerprint density at radius 1 is 1.35 bits per heavy atom. The molecule has 1 fully saturated rings. The lowest BCUT2D eigenvalue weighted by molar-refractivity contribution is -0.147. The summed E-state index contributed by atoms with van der Waals surface area (Å²) in [5.41, 5.74) is -0.740. The quantitative estimate of drug-likeness (QED) is 0.833. The molecule has 1 aromatic carbocycles. The molecule has 0 radical (unpaired) electrons. The number of halogens is 2. The van der Waals surface area contributed by atoms with Crippen LogP contribution in [0.1, 0.15) is 23.7 Å². The van der Waals surface area contributed by atoms with Crippen molar-refractivity contribution in [2.45, 2.75) is 19.4 Å². The molecule has 8 heteroatoms. The molecular formula is C15H16F2N2O4. The van der Waals surface area contributed by atoms with Gasteiger partial charge in [-0.05, 0) is 19.1 Å². The number of nitrogens with one attached hydrogen (secondary N) is 1. The highest BCUT2D eigenvalue weighted by molar-refractivity contribution is 5.99. The molecule has 2 rings (SSSR count). The monoisotopic (exact) mass is 326 g/mol. The molecule has 0 unspecified atom stereocenters. The van der Waals surface area contributed by atoms with Gasteiger partial charge in [-0.3, -0.25) is 14.4 Å². The second-order valence-electron chi connectivity index (χ2n) is 4.91. The van der Waals surface area contributed by atoms with Gasteiger partial charge in [-0.15, -0.1) is 0 Å². The topological polar surface area (TPSA) is 75.7 Å². The smallest absolute Gasteiger partial charge is 0.308 e. The maximum Gasteiger partial charge on any atom is 0.308 e. The standard InChI is InChI=1S/C15H16F2N2O4/c1-2-23-12(20)8-11-14(21)18-6-7-19(11)15(22)13-9(16)4-3-5-10(13)17/h3-5,11H,2,6-8H2,1H3,(H,18,21)/t11-/m0/s1. The molecule has 1 aromatic rings. The van der Waals surface area contributed by atoms with Crippen LogP contribution in [0.15, 0.2) is 18.2 Å². The molecule has 1 N–H and O–H groups in total. The van der Waals surface area contributed by atoms with Crippen molar-refractivity contribution >= 4 is 17.8 Å². The lowest BCUT2D eigenvalue weighted by Gasteiger charge is -2.34. The average Bonchev–Trinajstić information content (AvgIpc) is 2.49. The Morgan fingerprint density at radius 2 is 2.00 bits per heavy atom. The first-order valence-corrected chi connectivity index (χ1v) is 7.14. The van der Waals surface area contributed by atoms with Crippen molar-refractivity contribution in [2.75, 3.05) is 19.7 Å². The largest absolute Gasteiger partial charge is 0.466 e. The molecule has 0 saturated carbocycles. The first kappa shape index (κ1) is 16.9. The Bertz CT molecular complexity index is 616. The predicted octanol–water partition coefficient (Wildman–Crippen LogP) is 0.859. The first-order chi connectivity index (χ1) is 11.0. The van der Waals surface area contributed by atoms with E-state index in [9.17, 15) is 23.2 Å². The van der Waals surface area contributed by atoms with Gasteiger partial charge in [0.05, 0.1) is 13.0 Å². The van der Waals surface area contributed by atoms with Crippen LogP contribution in [0.4, 0.5) is 8.78 Å². The fourth-order valence-corrected chi connectivity index (χ4v) is 2.38. The van der Waals surface area contributed by atoms with E-state index in [1.807, 2.05) is 0 Å². The molecular weight excluding hydrogens is 310 g/mol. The number of hydrogen-bond acceptors (Lipinski definition) is 4. The number of hydrogen-bond donors (Lipinski definition) is 1. The van der Waals surface area contributed by atoms with Crippen molar-refractivity contribution in [3.8, 4) is 0 Å². The second-order valence-corrected chi connectivity index (χ2v) is 4.91. The molecule has 23 heavy (non-hydrogen) atoms. The Hall–Kier alpha value is -2.51. The Balaban J connectivity index is 2.28. The van der Waals surface area contributed by atoms with E-state index in [2.05, 4.69) is 5.32 Å². The SMILES string of the molecule is CCOC(=O)C[C@H]1C(=O)NCCN1C(=O)c1c(F)cccc1F. The third-order valence-corrected chi connectivity index (χ3v) is 3.43. The highest BCUT2D eigenvalue weighted by Gasteiger charge is 2.37. The maximum atomic E-state index is 13.8. The molecule has 1 aliphatic rings. The zero-order valence-electron chi connectivity index (χ0n) is 12.5. The molecule has 1 heterocycles. The van der Waals surface area contributed by atoms with E-state index in [0.717, 1.165) is 23.1 Å². The minimum Gasteiger partial charge on any atom is -0.466 e. The van der Waals surface area contributed by atoms with Crippen LogP contribution in [-0.4, -0.2) is 48.4 Å². The number of nitrogens with zero attached hydrogens (tertiary/aromatic N) is 1. The third kappa shape index (κ3) is 3.64. The highest BCUT2D eigenvalue weighted by atomic mass is 19.1. The summed E-state index contributed by atoms with van der Waals surface area (Å²) >= 11 is 0. The van der Waals surface area contributed by atoms with Gasteiger partial charge in [-0.25, -0.2) is 8.78 Å². The minimum absolute atomic E-state index is 0.0441. The summed E-state index contributed by atoms with van der Waals surface area (Å²) in [6.45, 7) is 1.92. The Kier molecular flexibility index (Phi) is 5.25. The maximum absolute atomic E-state index is 13.8. The number of amides is 2. The van der Waals surface area contributed by atoms with Gasteiger partial charge >= 0.3 is 5.97 Å². The van der Waals surface area contributed by atoms with Gasteiger partial charge in [0.15, 0.2) is 0 Å². The lowest BCUT2D eigenvalue weighted by atomic mass is 10.1. The number of benzene rings is 1. The van der Waals surface area contributed by atoms with Crippen LogP contribution < -0.4 is 5.32 Å². The van der Waals surface area contributed by atoms with Gasteiger partial charge in [0.25, 0.3) is 5.91 Å². The fraction of sp³-hybridized carbons (Fsp3) is 0.400. The molecule has 2 amide bonds. The van der Waals surface area contributed by atoms with E-state index < -0.39 is 41.0 Å². The average molecular weight is 326 g/mol. The van der Waals surface area contributed by atoms with Crippen molar-refractivity contribution < 1.29 is 27.9 Å². The van der Waals surface area contributed by atoms with E-state index >= 15 is 0 Å². The molecule has 6 nitrogen and oxygen atoms in total. The van der Waals surface area contributed by atoms with Gasteiger partial charge in [0, 0.05) is 13.1 Å². The molecule has 0 aromatic heterocycles. The summed E-state index contributed by atoms with van der Waals surface area (Å²) in [4.78, 5) is 37.0. The number of carbonyl (C=O) groups is 3. The normalized spacial score (nSPS) is 17.6. The predicted molar refractivity (Wildman–Crippen MR) is 75.4 cm³/mol. The molecule has 124 valence electrons. The number of ether oxygens (including phenoxy) is 1. The number of carbonyl (C=O) groups excluding carboxylic acids is 3. The highest BCUT2D eigenvalue weighted by Crippen LogP contribution is 2.19. The first-order valence-electron chi connectivity index (χ1n) is 7.14. The Morgan fingerprint density at radius 3 is 2.61 bits per heavy atom. The lowest BCUT2D eigenvalue weighted by Crippen LogP contribution is -2.58. The molecule has 1 saturated heterocycles. The second kappa shape index (κ2) is 7.17. The number of piperazine rings is 1. The fourth-order valence-electron chi connectivity index (χ4n) is 2.38. The van der Waals surface area contributed by atoms with Crippen molar-refractivity contribution in [1.29, 1.82) is 0 Å². The van der Waals surface area contributed by atoms with E-state index in [0.29, 0.717) is 0 Å². The van der Waals surface area contributed by atoms with Crippen LogP contribution >= 0.6 is 0 Å². The van der Waals surface area contributed by atoms with Gasteiger partial charge < -0.3 is 15.0 Å². The van der Waals surface area contributed by atoms with Crippen LogP contribution in [0.2, 0.25) is 0 Å². The minimum atomic E-state index is -1.16. The van der Waals surface area contributed by atoms with Crippen molar-refractivity contribution in [3.63, 3.8) is 0 Å². The summed E-state index contributed by atoms with van der Waals surface area (Å²) in [7, 11) is 0. The van der Waals surface area contributed by atoms with Crippen LogP contribution in [0, 0.1) is 11.6 Å². The van der Waals surface area contributed by atoms with E-state index in [1.165, 1.54) is 0 Å². The van der Waals surface area contributed by atoms with Crippen LogP contribution in [0.25, 0.3) is 0 Å². The zero-order valence-corrected chi connectivity index (χ0v) is 12.5. The zero-order chi connectivity index (χ0) is 17.0.